The van der Waals surface area contributed by atoms with Gasteiger partial charge in [-0.1, -0.05) is 17.7 Å². The highest BCUT2D eigenvalue weighted by molar-refractivity contribution is 6.30. The van der Waals surface area contributed by atoms with Crippen LogP contribution in [0.15, 0.2) is 30.5 Å². The van der Waals surface area contributed by atoms with Gasteiger partial charge in [0.15, 0.2) is 11.6 Å². The average Bonchev–Trinajstić information content (AvgIpc) is 2.60. The molecule has 2 atom stereocenters. The van der Waals surface area contributed by atoms with Crippen molar-refractivity contribution in [2.45, 2.75) is 45.4 Å². The summed E-state index contributed by atoms with van der Waals surface area (Å²) in [4.78, 5) is 20.3. The third-order valence-corrected chi connectivity index (χ3v) is 3.88. The Labute approximate surface area is 167 Å². The summed E-state index contributed by atoms with van der Waals surface area (Å²) in [5, 5.41) is 14.4. The molecule has 0 saturated heterocycles. The van der Waals surface area contributed by atoms with Gasteiger partial charge in [0.1, 0.15) is 16.8 Å². The van der Waals surface area contributed by atoms with Crippen molar-refractivity contribution in [2.75, 3.05) is 5.32 Å². The van der Waals surface area contributed by atoms with Crippen LogP contribution in [-0.2, 0) is 4.74 Å². The maximum Gasteiger partial charge on any atom is 0.407 e. The molecular formula is C19H21ClFN5O2. The lowest BCUT2D eigenvalue weighted by atomic mass is 10.1. The van der Waals surface area contributed by atoms with E-state index in [9.17, 15) is 9.18 Å². The van der Waals surface area contributed by atoms with Gasteiger partial charge < -0.3 is 15.4 Å². The van der Waals surface area contributed by atoms with Crippen LogP contribution in [0.2, 0.25) is 5.15 Å². The van der Waals surface area contributed by atoms with Crippen molar-refractivity contribution in [3.63, 3.8) is 0 Å². The van der Waals surface area contributed by atoms with Gasteiger partial charge in [0.05, 0.1) is 23.3 Å². The number of carbonyl (C=O) groups is 1. The summed E-state index contributed by atoms with van der Waals surface area (Å²) in [6.07, 6.45) is 0.966. The van der Waals surface area contributed by atoms with Crippen LogP contribution in [-0.4, -0.2) is 27.7 Å². The number of nitrogens with zero attached hydrogens (tertiary/aromatic N) is 3. The molecular weight excluding hydrogens is 385 g/mol. The Morgan fingerprint density at radius 3 is 2.68 bits per heavy atom. The molecule has 2 heterocycles. The van der Waals surface area contributed by atoms with Crippen LogP contribution >= 0.6 is 11.6 Å². The lowest BCUT2D eigenvalue weighted by Gasteiger charge is -2.28. The van der Waals surface area contributed by atoms with Crippen molar-refractivity contribution in [3.8, 4) is 6.07 Å². The summed E-state index contributed by atoms with van der Waals surface area (Å²) in [6, 6.07) is 6.83. The van der Waals surface area contributed by atoms with Gasteiger partial charge in [-0.05, 0) is 45.9 Å². The number of hydrogen-bond donors (Lipinski definition) is 2. The van der Waals surface area contributed by atoms with Crippen LogP contribution in [0.1, 0.15) is 45.0 Å². The molecule has 0 unspecified atom stereocenters. The van der Waals surface area contributed by atoms with Crippen LogP contribution in [0.5, 0.6) is 0 Å². The maximum atomic E-state index is 14.4. The van der Waals surface area contributed by atoms with Crippen molar-refractivity contribution in [1.29, 1.82) is 5.26 Å². The van der Waals surface area contributed by atoms with Crippen molar-refractivity contribution in [1.82, 2.24) is 15.3 Å². The van der Waals surface area contributed by atoms with E-state index in [1.54, 1.807) is 58.2 Å². The molecule has 0 fully saturated rings. The minimum Gasteiger partial charge on any atom is -0.444 e. The Hall–Kier alpha value is -2.92. The molecule has 0 radical (unpaired) electrons. The van der Waals surface area contributed by atoms with Gasteiger partial charge in [-0.15, -0.1) is 0 Å². The van der Waals surface area contributed by atoms with E-state index >= 15 is 0 Å². The average molecular weight is 406 g/mol. The van der Waals surface area contributed by atoms with Crippen molar-refractivity contribution < 1.29 is 13.9 Å². The first kappa shape index (κ1) is 21.4. The van der Waals surface area contributed by atoms with Gasteiger partial charge in [-0.2, -0.15) is 5.26 Å². The third kappa shape index (κ3) is 5.79. The molecule has 7 nitrogen and oxygen atoms in total. The predicted octanol–water partition coefficient (Wildman–Crippen LogP) is 4.21. The molecule has 9 heteroatoms. The predicted molar refractivity (Wildman–Crippen MR) is 103 cm³/mol. The molecule has 148 valence electrons. The normalized spacial score (nSPS) is 13.2. The zero-order chi connectivity index (χ0) is 20.9. The first-order valence-corrected chi connectivity index (χ1v) is 8.91. The van der Waals surface area contributed by atoms with Gasteiger partial charge in [0.25, 0.3) is 0 Å². The van der Waals surface area contributed by atoms with E-state index in [0.717, 1.165) is 6.07 Å². The van der Waals surface area contributed by atoms with E-state index in [0.29, 0.717) is 5.69 Å². The molecule has 2 aromatic heterocycles. The van der Waals surface area contributed by atoms with Gasteiger partial charge >= 0.3 is 6.09 Å². The fourth-order valence-corrected chi connectivity index (χ4v) is 2.57. The van der Waals surface area contributed by atoms with Crippen LogP contribution in [0.3, 0.4) is 0 Å². The topological polar surface area (TPSA) is 99.9 Å². The summed E-state index contributed by atoms with van der Waals surface area (Å²) in [7, 11) is 0. The number of carbonyl (C=O) groups excluding carboxylic acids is 1. The van der Waals surface area contributed by atoms with E-state index in [4.69, 9.17) is 21.6 Å². The molecule has 0 spiro atoms. The van der Waals surface area contributed by atoms with Crippen molar-refractivity contribution in [3.05, 3.63) is 52.7 Å². The molecule has 2 N–H and O–H groups in total. The zero-order valence-corrected chi connectivity index (χ0v) is 16.7. The molecule has 2 aromatic rings. The number of ether oxygens (including phenoxy) is 1. The van der Waals surface area contributed by atoms with Crippen LogP contribution in [0.25, 0.3) is 0 Å². The standard InChI is InChI=1S/C19H21ClFN5O2/c1-11(24-18(27)28-19(2,3)4)15(14-7-5-6-8-23-14)25-17-13(21)9-12(10-22)16(20)26-17/h5-9,11,15H,1-4H3,(H,24,27)(H,25,26)/t11-,15-/m0/s1. The number of alkyl carbamates (subject to hydrolysis) is 1. The third-order valence-electron chi connectivity index (χ3n) is 3.59. The number of amides is 1. The van der Waals surface area contributed by atoms with Gasteiger partial charge in [0, 0.05) is 6.20 Å². The lowest BCUT2D eigenvalue weighted by molar-refractivity contribution is 0.0503. The van der Waals surface area contributed by atoms with Crippen molar-refractivity contribution >= 4 is 23.5 Å². The molecule has 0 aliphatic carbocycles. The molecule has 0 aliphatic rings. The van der Waals surface area contributed by atoms with E-state index < -0.39 is 29.6 Å². The minimum absolute atomic E-state index is 0.0703. The molecule has 0 aromatic carbocycles. The number of hydrogen-bond acceptors (Lipinski definition) is 6. The molecule has 0 bridgehead atoms. The van der Waals surface area contributed by atoms with E-state index in [2.05, 4.69) is 20.6 Å². The minimum atomic E-state index is -0.744. The Balaban J connectivity index is 2.30. The lowest BCUT2D eigenvalue weighted by Crippen LogP contribution is -2.43. The second-order valence-electron chi connectivity index (χ2n) is 7.08. The van der Waals surface area contributed by atoms with Gasteiger partial charge in [-0.25, -0.2) is 14.2 Å². The summed E-state index contributed by atoms with van der Waals surface area (Å²) >= 11 is 5.92. The number of pyridine rings is 2. The highest BCUT2D eigenvalue weighted by atomic mass is 35.5. The Morgan fingerprint density at radius 2 is 2.11 bits per heavy atom. The Kier molecular flexibility index (Phi) is 6.75. The Morgan fingerprint density at radius 1 is 1.39 bits per heavy atom. The number of nitriles is 1. The first-order valence-electron chi connectivity index (χ1n) is 8.54. The number of halogens is 2. The van der Waals surface area contributed by atoms with E-state index in [-0.39, 0.29) is 16.5 Å². The summed E-state index contributed by atoms with van der Waals surface area (Å²) in [5.41, 5.74) is -0.182. The van der Waals surface area contributed by atoms with Crippen LogP contribution in [0.4, 0.5) is 15.0 Å². The SMILES string of the molecule is C[C@H](NC(=O)OC(C)(C)C)[C@H](Nc1nc(Cl)c(C#N)cc1F)c1ccccn1. The number of anilines is 1. The maximum absolute atomic E-state index is 14.4. The highest BCUT2D eigenvalue weighted by Crippen LogP contribution is 2.25. The van der Waals surface area contributed by atoms with Crippen LogP contribution in [0, 0.1) is 17.1 Å². The summed E-state index contributed by atoms with van der Waals surface area (Å²) < 4.78 is 19.6. The Bertz CT molecular complexity index is 880. The van der Waals surface area contributed by atoms with Crippen LogP contribution < -0.4 is 10.6 Å². The van der Waals surface area contributed by atoms with Crippen molar-refractivity contribution in [2.24, 2.45) is 0 Å². The van der Waals surface area contributed by atoms with E-state index in [1.165, 1.54) is 0 Å². The fraction of sp³-hybridized carbons (Fsp3) is 0.368. The van der Waals surface area contributed by atoms with Gasteiger partial charge in [0.2, 0.25) is 0 Å². The number of aromatic nitrogens is 2. The number of rotatable bonds is 5. The molecule has 0 saturated carbocycles. The molecule has 28 heavy (non-hydrogen) atoms. The molecule has 1 amide bonds. The highest BCUT2D eigenvalue weighted by Gasteiger charge is 2.26. The molecule has 0 aliphatic heterocycles. The van der Waals surface area contributed by atoms with E-state index in [1.807, 2.05) is 0 Å². The first-order chi connectivity index (χ1) is 13.1. The quantitative estimate of drug-likeness (QED) is 0.723. The summed E-state index contributed by atoms with van der Waals surface area (Å²) in [6.45, 7) is 6.98. The van der Waals surface area contributed by atoms with Gasteiger partial charge in [-0.3, -0.25) is 4.98 Å². The fourth-order valence-electron chi connectivity index (χ4n) is 2.39. The zero-order valence-electron chi connectivity index (χ0n) is 16.0. The summed E-state index contributed by atoms with van der Waals surface area (Å²) in [5.74, 6) is -0.899. The monoisotopic (exact) mass is 405 g/mol. The smallest absolute Gasteiger partial charge is 0.407 e. The molecule has 2 rings (SSSR count). The number of nitrogens with one attached hydrogen (secondary N) is 2. The second-order valence-corrected chi connectivity index (χ2v) is 7.44. The largest absolute Gasteiger partial charge is 0.444 e. The second kappa shape index (κ2) is 8.85.